The summed E-state index contributed by atoms with van der Waals surface area (Å²) in [6.45, 7) is 2.13. The molecule has 0 unspecified atom stereocenters. The van der Waals surface area contributed by atoms with Gasteiger partial charge in [0.25, 0.3) is 5.56 Å². The second-order valence-corrected chi connectivity index (χ2v) is 5.77. The van der Waals surface area contributed by atoms with Gasteiger partial charge in [-0.1, -0.05) is 48.5 Å². The van der Waals surface area contributed by atoms with Gasteiger partial charge in [-0.05, 0) is 30.7 Å². The quantitative estimate of drug-likeness (QED) is 0.721. The first-order valence-corrected chi connectivity index (χ1v) is 8.07. The lowest BCUT2D eigenvalue weighted by Crippen LogP contribution is -2.37. The van der Waals surface area contributed by atoms with Crippen molar-refractivity contribution in [3.8, 4) is 0 Å². The SMILES string of the molecule is Cc1ccc(=O)n(CC(=O)N(Cc2ccccc2)c2ccccc2)n1. The van der Waals surface area contributed by atoms with E-state index in [0.717, 1.165) is 11.3 Å². The van der Waals surface area contributed by atoms with Gasteiger partial charge < -0.3 is 4.90 Å². The van der Waals surface area contributed by atoms with Gasteiger partial charge in [0.1, 0.15) is 6.54 Å². The molecule has 0 N–H and O–H groups in total. The van der Waals surface area contributed by atoms with Crippen LogP contribution in [-0.2, 0) is 17.9 Å². The molecule has 0 aliphatic carbocycles. The number of anilines is 1. The van der Waals surface area contributed by atoms with E-state index in [2.05, 4.69) is 5.10 Å². The van der Waals surface area contributed by atoms with E-state index in [1.807, 2.05) is 60.7 Å². The Morgan fingerprint density at radius 2 is 1.60 bits per heavy atom. The van der Waals surface area contributed by atoms with E-state index in [-0.39, 0.29) is 18.0 Å². The van der Waals surface area contributed by atoms with Crippen molar-refractivity contribution in [2.75, 3.05) is 4.90 Å². The maximum atomic E-state index is 12.9. The zero-order valence-electron chi connectivity index (χ0n) is 14.0. The second-order valence-electron chi connectivity index (χ2n) is 5.77. The van der Waals surface area contributed by atoms with Crippen LogP contribution < -0.4 is 10.5 Å². The van der Waals surface area contributed by atoms with Gasteiger partial charge in [-0.3, -0.25) is 9.59 Å². The predicted octanol–water partition coefficient (Wildman–Crippen LogP) is 2.79. The Hall–Kier alpha value is -3.21. The van der Waals surface area contributed by atoms with Crippen LogP contribution in [-0.4, -0.2) is 15.7 Å². The van der Waals surface area contributed by atoms with E-state index in [1.54, 1.807) is 17.9 Å². The maximum Gasteiger partial charge on any atom is 0.267 e. The molecule has 0 fully saturated rings. The van der Waals surface area contributed by atoms with E-state index in [1.165, 1.54) is 10.7 Å². The summed E-state index contributed by atoms with van der Waals surface area (Å²) in [5.74, 6) is -0.185. The van der Waals surface area contributed by atoms with Gasteiger partial charge in [0.05, 0.1) is 12.2 Å². The molecule has 0 aliphatic heterocycles. The first-order valence-electron chi connectivity index (χ1n) is 8.07. The Bertz CT molecular complexity index is 905. The summed E-state index contributed by atoms with van der Waals surface area (Å²) >= 11 is 0. The molecule has 0 spiro atoms. The number of rotatable bonds is 5. The van der Waals surface area contributed by atoms with E-state index >= 15 is 0 Å². The highest BCUT2D eigenvalue weighted by molar-refractivity contribution is 5.93. The van der Waals surface area contributed by atoms with Crippen LogP contribution >= 0.6 is 0 Å². The Morgan fingerprint density at radius 3 is 2.28 bits per heavy atom. The third kappa shape index (κ3) is 4.20. The van der Waals surface area contributed by atoms with Crippen LogP contribution in [0.2, 0.25) is 0 Å². The molecule has 5 heteroatoms. The number of carbonyl (C=O) groups is 1. The lowest BCUT2D eigenvalue weighted by Gasteiger charge is -2.23. The van der Waals surface area contributed by atoms with Gasteiger partial charge in [-0.15, -0.1) is 0 Å². The fraction of sp³-hybridized carbons (Fsp3) is 0.150. The lowest BCUT2D eigenvalue weighted by atomic mass is 10.2. The Kier molecular flexibility index (Phi) is 5.04. The molecule has 0 aliphatic rings. The van der Waals surface area contributed by atoms with Crippen molar-refractivity contribution in [3.63, 3.8) is 0 Å². The monoisotopic (exact) mass is 333 g/mol. The van der Waals surface area contributed by atoms with Crippen molar-refractivity contribution in [2.45, 2.75) is 20.0 Å². The number of amides is 1. The average Bonchev–Trinajstić information content (AvgIpc) is 2.64. The van der Waals surface area contributed by atoms with Crippen molar-refractivity contribution in [1.29, 1.82) is 0 Å². The molecule has 2 aromatic carbocycles. The largest absolute Gasteiger partial charge is 0.306 e. The van der Waals surface area contributed by atoms with Crippen LogP contribution in [0, 0.1) is 6.92 Å². The van der Waals surface area contributed by atoms with Crippen LogP contribution in [0.15, 0.2) is 77.6 Å². The fourth-order valence-electron chi connectivity index (χ4n) is 2.58. The molecule has 1 heterocycles. The number of aromatic nitrogens is 2. The van der Waals surface area contributed by atoms with Gasteiger partial charge in [0, 0.05) is 11.8 Å². The topological polar surface area (TPSA) is 55.2 Å². The zero-order valence-corrected chi connectivity index (χ0v) is 14.0. The number of hydrogen-bond acceptors (Lipinski definition) is 3. The van der Waals surface area contributed by atoms with E-state index < -0.39 is 0 Å². The van der Waals surface area contributed by atoms with Crippen molar-refractivity contribution < 1.29 is 4.79 Å². The van der Waals surface area contributed by atoms with Crippen LogP contribution in [0.5, 0.6) is 0 Å². The van der Waals surface area contributed by atoms with Crippen LogP contribution in [0.25, 0.3) is 0 Å². The summed E-state index contributed by atoms with van der Waals surface area (Å²) in [6, 6.07) is 22.3. The molecule has 1 aromatic heterocycles. The minimum atomic E-state index is -0.285. The highest BCUT2D eigenvalue weighted by Gasteiger charge is 2.17. The molecular formula is C20H19N3O2. The van der Waals surface area contributed by atoms with Crippen molar-refractivity contribution in [2.24, 2.45) is 0 Å². The third-order valence-corrected chi connectivity index (χ3v) is 3.84. The fourth-order valence-corrected chi connectivity index (χ4v) is 2.58. The average molecular weight is 333 g/mol. The molecule has 3 aromatic rings. The second kappa shape index (κ2) is 7.57. The number of carbonyl (C=O) groups excluding carboxylic acids is 1. The van der Waals surface area contributed by atoms with Crippen LogP contribution in [0.4, 0.5) is 5.69 Å². The molecule has 0 atom stereocenters. The van der Waals surface area contributed by atoms with Crippen molar-refractivity contribution >= 4 is 11.6 Å². The Morgan fingerprint density at radius 1 is 0.960 bits per heavy atom. The molecule has 3 rings (SSSR count). The van der Waals surface area contributed by atoms with Gasteiger partial charge in [-0.2, -0.15) is 5.10 Å². The molecule has 0 radical (unpaired) electrons. The first-order chi connectivity index (χ1) is 12.1. The molecule has 1 amide bonds. The third-order valence-electron chi connectivity index (χ3n) is 3.84. The molecule has 0 saturated carbocycles. The molecule has 0 saturated heterocycles. The number of aryl methyl sites for hydroxylation is 1. The summed E-state index contributed by atoms with van der Waals surface area (Å²) in [7, 11) is 0. The lowest BCUT2D eigenvalue weighted by molar-refractivity contribution is -0.119. The summed E-state index contributed by atoms with van der Waals surface area (Å²) in [5, 5.41) is 4.15. The van der Waals surface area contributed by atoms with Gasteiger partial charge >= 0.3 is 0 Å². The van der Waals surface area contributed by atoms with Gasteiger partial charge in [0.15, 0.2) is 0 Å². The molecule has 5 nitrogen and oxygen atoms in total. The zero-order chi connectivity index (χ0) is 17.6. The number of benzene rings is 2. The first kappa shape index (κ1) is 16.6. The number of hydrogen-bond donors (Lipinski definition) is 0. The maximum absolute atomic E-state index is 12.9. The smallest absolute Gasteiger partial charge is 0.267 e. The molecule has 126 valence electrons. The highest BCUT2D eigenvalue weighted by atomic mass is 16.2. The Balaban J connectivity index is 1.89. The summed E-state index contributed by atoms with van der Waals surface area (Å²) < 4.78 is 1.21. The Labute approximate surface area is 146 Å². The van der Waals surface area contributed by atoms with Crippen LogP contribution in [0.1, 0.15) is 11.3 Å². The summed E-state index contributed by atoms with van der Waals surface area (Å²) in [6.07, 6.45) is 0. The van der Waals surface area contributed by atoms with Crippen molar-refractivity contribution in [1.82, 2.24) is 9.78 Å². The minimum absolute atomic E-state index is 0.0950. The standard InChI is InChI=1S/C20H19N3O2/c1-16-12-13-19(24)23(21-16)15-20(25)22(18-10-6-3-7-11-18)14-17-8-4-2-5-9-17/h2-13H,14-15H2,1H3. The minimum Gasteiger partial charge on any atom is -0.306 e. The number of nitrogens with zero attached hydrogens (tertiary/aromatic N) is 3. The molecular weight excluding hydrogens is 314 g/mol. The molecule has 0 bridgehead atoms. The van der Waals surface area contributed by atoms with E-state index in [9.17, 15) is 9.59 Å². The van der Waals surface area contributed by atoms with Crippen LogP contribution in [0.3, 0.4) is 0 Å². The molecule has 25 heavy (non-hydrogen) atoms. The summed E-state index contributed by atoms with van der Waals surface area (Å²) in [4.78, 5) is 26.5. The van der Waals surface area contributed by atoms with Gasteiger partial charge in [-0.25, -0.2) is 4.68 Å². The predicted molar refractivity (Wildman–Crippen MR) is 97.3 cm³/mol. The van der Waals surface area contributed by atoms with Crippen molar-refractivity contribution in [3.05, 3.63) is 94.4 Å². The summed E-state index contributed by atoms with van der Waals surface area (Å²) in [5.41, 5.74) is 2.22. The van der Waals surface area contributed by atoms with E-state index in [4.69, 9.17) is 0 Å². The van der Waals surface area contributed by atoms with E-state index in [0.29, 0.717) is 12.2 Å². The number of para-hydroxylation sites is 1. The highest BCUT2D eigenvalue weighted by Crippen LogP contribution is 2.17. The normalized spacial score (nSPS) is 10.4. The van der Waals surface area contributed by atoms with Gasteiger partial charge in [0.2, 0.25) is 5.91 Å².